The van der Waals surface area contributed by atoms with Crippen LogP contribution in [0.25, 0.3) is 0 Å². The Morgan fingerprint density at radius 3 is 2.71 bits per heavy atom. The zero-order valence-corrected chi connectivity index (χ0v) is 13.3. The zero-order chi connectivity index (χ0) is 15.5. The molecule has 0 aliphatic carbocycles. The first-order valence-corrected chi connectivity index (χ1v) is 9.05. The maximum absolute atomic E-state index is 12.6. The van der Waals surface area contributed by atoms with E-state index in [0.717, 1.165) is 9.87 Å². The van der Waals surface area contributed by atoms with Crippen molar-refractivity contribution in [1.29, 1.82) is 0 Å². The standard InChI is InChI=1S/C13H18N2O4S2/c1-14(9-11-5-3-2-4-6-11)21(18,19)15-7-8-20-10-12(15)13(16)17/h2-6,12H,7-10H2,1H3,(H,16,17). The van der Waals surface area contributed by atoms with Gasteiger partial charge in [0.25, 0.3) is 10.2 Å². The van der Waals surface area contributed by atoms with Crippen molar-refractivity contribution in [3.05, 3.63) is 35.9 Å². The van der Waals surface area contributed by atoms with Crippen LogP contribution in [-0.2, 0) is 21.5 Å². The third-order valence-corrected chi connectivity index (χ3v) is 6.27. The molecule has 0 bridgehead atoms. The molecular formula is C13H18N2O4S2. The summed E-state index contributed by atoms with van der Waals surface area (Å²) in [6.45, 7) is 0.447. The Hall–Kier alpha value is -1.09. The molecule has 1 aliphatic rings. The fourth-order valence-corrected chi connectivity index (χ4v) is 4.89. The molecule has 2 rings (SSSR count). The van der Waals surface area contributed by atoms with Crippen molar-refractivity contribution in [1.82, 2.24) is 8.61 Å². The number of hydrogen-bond acceptors (Lipinski definition) is 4. The summed E-state index contributed by atoms with van der Waals surface area (Å²) in [6, 6.07) is 8.23. The average molecular weight is 330 g/mol. The van der Waals surface area contributed by atoms with Crippen LogP contribution in [0.2, 0.25) is 0 Å². The van der Waals surface area contributed by atoms with Gasteiger partial charge in [-0.3, -0.25) is 4.79 Å². The molecule has 0 amide bonds. The number of carboxylic acid groups (broad SMARTS) is 1. The van der Waals surface area contributed by atoms with Crippen LogP contribution >= 0.6 is 11.8 Å². The summed E-state index contributed by atoms with van der Waals surface area (Å²) < 4.78 is 27.5. The normalized spacial score (nSPS) is 20.6. The van der Waals surface area contributed by atoms with Crippen molar-refractivity contribution in [3.8, 4) is 0 Å². The minimum Gasteiger partial charge on any atom is -0.480 e. The van der Waals surface area contributed by atoms with Gasteiger partial charge in [-0.25, -0.2) is 0 Å². The number of carboxylic acids is 1. The van der Waals surface area contributed by atoms with Gasteiger partial charge in [0.05, 0.1) is 0 Å². The maximum Gasteiger partial charge on any atom is 0.322 e. The van der Waals surface area contributed by atoms with Gasteiger partial charge < -0.3 is 5.11 Å². The van der Waals surface area contributed by atoms with Crippen LogP contribution in [0.3, 0.4) is 0 Å². The predicted octanol–water partition coefficient (Wildman–Crippen LogP) is 0.865. The Balaban J connectivity index is 2.17. The number of thioether (sulfide) groups is 1. The lowest BCUT2D eigenvalue weighted by atomic mass is 10.2. The Labute approximate surface area is 128 Å². The summed E-state index contributed by atoms with van der Waals surface area (Å²) in [5, 5.41) is 9.21. The first kappa shape index (κ1) is 16.3. The van der Waals surface area contributed by atoms with E-state index in [0.29, 0.717) is 5.75 Å². The predicted molar refractivity (Wildman–Crippen MR) is 82.3 cm³/mol. The molecule has 1 aliphatic heterocycles. The van der Waals surface area contributed by atoms with Crippen molar-refractivity contribution >= 4 is 27.9 Å². The van der Waals surface area contributed by atoms with Crippen LogP contribution in [0.4, 0.5) is 0 Å². The van der Waals surface area contributed by atoms with Crippen LogP contribution in [0.15, 0.2) is 30.3 Å². The number of benzene rings is 1. The summed E-state index contributed by atoms with van der Waals surface area (Å²) in [5.74, 6) is -0.200. The molecule has 0 saturated carbocycles. The van der Waals surface area contributed by atoms with Crippen molar-refractivity contribution in [2.45, 2.75) is 12.6 Å². The van der Waals surface area contributed by atoms with Gasteiger partial charge in [-0.05, 0) is 5.56 Å². The van der Waals surface area contributed by atoms with Crippen LogP contribution < -0.4 is 0 Å². The summed E-state index contributed by atoms with van der Waals surface area (Å²) in [5.41, 5.74) is 0.863. The SMILES string of the molecule is CN(Cc1ccccc1)S(=O)(=O)N1CCSCC1C(=O)O. The van der Waals surface area contributed by atoms with Gasteiger partial charge in [0.1, 0.15) is 6.04 Å². The number of aliphatic carboxylic acids is 1. The number of hydrogen-bond donors (Lipinski definition) is 1. The molecule has 1 unspecified atom stereocenters. The van der Waals surface area contributed by atoms with E-state index >= 15 is 0 Å². The van der Waals surface area contributed by atoms with E-state index in [1.54, 1.807) is 0 Å². The second-order valence-electron chi connectivity index (χ2n) is 4.79. The minimum atomic E-state index is -3.78. The van der Waals surface area contributed by atoms with E-state index in [1.165, 1.54) is 23.1 Å². The lowest BCUT2D eigenvalue weighted by Crippen LogP contribution is -2.54. The monoisotopic (exact) mass is 330 g/mol. The zero-order valence-electron chi connectivity index (χ0n) is 11.7. The highest BCUT2D eigenvalue weighted by atomic mass is 32.2. The molecule has 8 heteroatoms. The highest BCUT2D eigenvalue weighted by Gasteiger charge is 2.39. The number of nitrogens with zero attached hydrogens (tertiary/aromatic N) is 2. The molecular weight excluding hydrogens is 312 g/mol. The van der Waals surface area contributed by atoms with Crippen LogP contribution in [0.1, 0.15) is 5.56 Å². The van der Waals surface area contributed by atoms with E-state index in [-0.39, 0.29) is 18.8 Å². The number of rotatable bonds is 5. The molecule has 1 fully saturated rings. The summed E-state index contributed by atoms with van der Waals surface area (Å²) >= 11 is 1.46. The lowest BCUT2D eigenvalue weighted by Gasteiger charge is -2.34. The maximum atomic E-state index is 12.6. The molecule has 6 nitrogen and oxygen atoms in total. The topological polar surface area (TPSA) is 77.9 Å². The van der Waals surface area contributed by atoms with E-state index in [2.05, 4.69) is 0 Å². The summed E-state index contributed by atoms with van der Waals surface area (Å²) in [7, 11) is -2.31. The highest BCUT2D eigenvalue weighted by Crippen LogP contribution is 2.22. The largest absolute Gasteiger partial charge is 0.480 e. The second kappa shape index (κ2) is 6.78. The van der Waals surface area contributed by atoms with E-state index in [9.17, 15) is 18.3 Å². The highest BCUT2D eigenvalue weighted by molar-refractivity contribution is 7.99. The smallest absolute Gasteiger partial charge is 0.322 e. The summed E-state index contributed by atoms with van der Waals surface area (Å²) in [4.78, 5) is 11.3. The number of carbonyl (C=O) groups is 1. The van der Waals surface area contributed by atoms with Crippen LogP contribution in [0, 0.1) is 0 Å². The first-order valence-electron chi connectivity index (χ1n) is 6.50. The van der Waals surface area contributed by atoms with E-state index < -0.39 is 22.2 Å². The Morgan fingerprint density at radius 1 is 1.43 bits per heavy atom. The fraction of sp³-hybridized carbons (Fsp3) is 0.462. The van der Waals surface area contributed by atoms with Crippen molar-refractivity contribution < 1.29 is 18.3 Å². The molecule has 1 aromatic carbocycles. The third kappa shape index (κ3) is 3.76. The van der Waals surface area contributed by atoms with Crippen molar-refractivity contribution in [2.24, 2.45) is 0 Å². The molecule has 21 heavy (non-hydrogen) atoms. The molecule has 1 aromatic rings. The van der Waals surface area contributed by atoms with Gasteiger partial charge in [-0.1, -0.05) is 30.3 Å². The molecule has 1 heterocycles. The average Bonchev–Trinajstić information content (AvgIpc) is 2.48. The van der Waals surface area contributed by atoms with Gasteiger partial charge in [0, 0.05) is 31.6 Å². The van der Waals surface area contributed by atoms with E-state index in [1.807, 2.05) is 30.3 Å². The van der Waals surface area contributed by atoms with Crippen LogP contribution in [-0.4, -0.2) is 59.2 Å². The van der Waals surface area contributed by atoms with Crippen LogP contribution in [0.5, 0.6) is 0 Å². The molecule has 1 atom stereocenters. The minimum absolute atomic E-state index is 0.221. The van der Waals surface area contributed by atoms with Gasteiger partial charge in [-0.15, -0.1) is 0 Å². The molecule has 116 valence electrons. The van der Waals surface area contributed by atoms with E-state index in [4.69, 9.17) is 0 Å². The molecule has 1 N–H and O–H groups in total. The third-order valence-electron chi connectivity index (χ3n) is 3.30. The molecule has 0 aromatic heterocycles. The van der Waals surface area contributed by atoms with Crippen molar-refractivity contribution in [2.75, 3.05) is 25.1 Å². The Kier molecular flexibility index (Phi) is 5.26. The second-order valence-corrected chi connectivity index (χ2v) is 7.93. The fourth-order valence-electron chi connectivity index (χ4n) is 2.16. The summed E-state index contributed by atoms with van der Waals surface area (Å²) in [6.07, 6.45) is 0. The molecule has 0 radical (unpaired) electrons. The molecule has 0 spiro atoms. The van der Waals surface area contributed by atoms with Crippen molar-refractivity contribution in [3.63, 3.8) is 0 Å². The molecule has 1 saturated heterocycles. The van der Waals surface area contributed by atoms with Gasteiger partial charge in [-0.2, -0.15) is 28.8 Å². The first-order chi connectivity index (χ1) is 9.93. The lowest BCUT2D eigenvalue weighted by molar-refractivity contribution is -0.140. The Bertz CT molecular complexity index is 591. The van der Waals surface area contributed by atoms with Gasteiger partial charge >= 0.3 is 5.97 Å². The quantitative estimate of drug-likeness (QED) is 0.866. The Morgan fingerprint density at radius 2 is 2.10 bits per heavy atom. The van der Waals surface area contributed by atoms with Gasteiger partial charge in [0.2, 0.25) is 0 Å². The van der Waals surface area contributed by atoms with Gasteiger partial charge in [0.15, 0.2) is 0 Å².